The van der Waals surface area contributed by atoms with Crippen LogP contribution in [0.15, 0.2) is 18.2 Å². The summed E-state index contributed by atoms with van der Waals surface area (Å²) in [5.41, 5.74) is 0.0563. The molecule has 1 N–H and O–H groups in total. The molecule has 1 saturated heterocycles. The van der Waals surface area contributed by atoms with Crippen LogP contribution in [0.2, 0.25) is 0 Å². The van der Waals surface area contributed by atoms with Gasteiger partial charge in [-0.2, -0.15) is 0 Å². The fraction of sp³-hybridized carbons (Fsp3) is 0.455. The molecule has 0 aromatic heterocycles. The van der Waals surface area contributed by atoms with Gasteiger partial charge in [0.1, 0.15) is 11.5 Å². The predicted molar refractivity (Wildman–Crippen MR) is 67.6 cm³/mol. The SMILES string of the molecule is O=[N+]([O-])c1ccc(F)cc1NC1CCS(=O)CC1. The highest BCUT2D eigenvalue weighted by atomic mass is 32.2. The Hall–Kier alpha value is -1.50. The first-order valence-electron chi connectivity index (χ1n) is 5.61. The van der Waals surface area contributed by atoms with Crippen LogP contribution in [0, 0.1) is 15.9 Å². The highest BCUT2D eigenvalue weighted by Gasteiger charge is 2.21. The third-order valence-corrected chi connectivity index (χ3v) is 4.28. The molecule has 0 amide bonds. The summed E-state index contributed by atoms with van der Waals surface area (Å²) in [5.74, 6) is 0.657. The van der Waals surface area contributed by atoms with E-state index in [0.29, 0.717) is 24.3 Å². The summed E-state index contributed by atoms with van der Waals surface area (Å²) in [6.45, 7) is 0. The first-order valence-corrected chi connectivity index (χ1v) is 7.10. The lowest BCUT2D eigenvalue weighted by atomic mass is 10.1. The third-order valence-electron chi connectivity index (χ3n) is 2.90. The van der Waals surface area contributed by atoms with Crippen molar-refractivity contribution in [2.75, 3.05) is 16.8 Å². The third kappa shape index (κ3) is 3.04. The molecule has 18 heavy (non-hydrogen) atoms. The maximum absolute atomic E-state index is 13.1. The van der Waals surface area contributed by atoms with Crippen LogP contribution in [0.5, 0.6) is 0 Å². The Morgan fingerprint density at radius 2 is 2.06 bits per heavy atom. The second kappa shape index (κ2) is 5.43. The van der Waals surface area contributed by atoms with Gasteiger partial charge in [-0.3, -0.25) is 14.3 Å². The number of nitro benzene ring substituents is 1. The minimum absolute atomic E-state index is 0.0169. The minimum atomic E-state index is -0.785. The molecule has 5 nitrogen and oxygen atoms in total. The van der Waals surface area contributed by atoms with Crippen LogP contribution >= 0.6 is 0 Å². The zero-order valence-corrected chi connectivity index (χ0v) is 10.4. The van der Waals surface area contributed by atoms with E-state index in [1.165, 1.54) is 0 Å². The molecule has 0 bridgehead atoms. The second-order valence-electron chi connectivity index (χ2n) is 4.19. The van der Waals surface area contributed by atoms with Gasteiger partial charge in [0.25, 0.3) is 5.69 Å². The summed E-state index contributed by atoms with van der Waals surface area (Å²) in [7, 11) is -0.785. The number of nitrogens with one attached hydrogen (secondary N) is 1. The van der Waals surface area contributed by atoms with Gasteiger partial charge in [0.2, 0.25) is 0 Å². The molecule has 2 rings (SSSR count). The van der Waals surface area contributed by atoms with Gasteiger partial charge in [0.15, 0.2) is 0 Å². The van der Waals surface area contributed by atoms with Crippen molar-refractivity contribution in [1.82, 2.24) is 0 Å². The van der Waals surface area contributed by atoms with Gasteiger partial charge in [-0.1, -0.05) is 0 Å². The first-order chi connectivity index (χ1) is 8.56. The minimum Gasteiger partial charge on any atom is -0.377 e. The van der Waals surface area contributed by atoms with E-state index in [4.69, 9.17) is 0 Å². The summed E-state index contributed by atoms with van der Waals surface area (Å²) in [5, 5.41) is 13.8. The van der Waals surface area contributed by atoms with Gasteiger partial charge in [-0.15, -0.1) is 0 Å². The Balaban J connectivity index is 2.15. The van der Waals surface area contributed by atoms with Crippen molar-refractivity contribution in [2.24, 2.45) is 0 Å². The summed E-state index contributed by atoms with van der Waals surface area (Å²) >= 11 is 0. The highest BCUT2D eigenvalue weighted by molar-refractivity contribution is 7.85. The van der Waals surface area contributed by atoms with E-state index >= 15 is 0 Å². The fourth-order valence-electron chi connectivity index (χ4n) is 1.94. The molecule has 1 fully saturated rings. The van der Waals surface area contributed by atoms with E-state index in [9.17, 15) is 18.7 Å². The van der Waals surface area contributed by atoms with Gasteiger partial charge in [0.05, 0.1) is 4.92 Å². The number of halogens is 1. The lowest BCUT2D eigenvalue weighted by Crippen LogP contribution is -2.29. The van der Waals surface area contributed by atoms with Crippen LogP contribution in [0.25, 0.3) is 0 Å². The number of anilines is 1. The van der Waals surface area contributed by atoms with Crippen molar-refractivity contribution in [2.45, 2.75) is 18.9 Å². The Kier molecular flexibility index (Phi) is 3.90. The first kappa shape index (κ1) is 12.9. The molecule has 98 valence electrons. The topological polar surface area (TPSA) is 72.2 Å². The molecule has 0 aliphatic carbocycles. The van der Waals surface area contributed by atoms with Crippen LogP contribution in [0.4, 0.5) is 15.8 Å². The quantitative estimate of drug-likeness (QED) is 0.675. The van der Waals surface area contributed by atoms with Crippen molar-refractivity contribution in [3.05, 3.63) is 34.1 Å². The lowest BCUT2D eigenvalue weighted by molar-refractivity contribution is -0.384. The zero-order chi connectivity index (χ0) is 13.1. The molecule has 1 heterocycles. The van der Waals surface area contributed by atoms with Crippen molar-refractivity contribution in [3.8, 4) is 0 Å². The van der Waals surface area contributed by atoms with Crippen LogP contribution < -0.4 is 5.32 Å². The lowest BCUT2D eigenvalue weighted by Gasteiger charge is -2.23. The van der Waals surface area contributed by atoms with Crippen molar-refractivity contribution in [1.29, 1.82) is 0 Å². The van der Waals surface area contributed by atoms with E-state index in [-0.39, 0.29) is 17.4 Å². The molecule has 1 aromatic rings. The second-order valence-corrected chi connectivity index (χ2v) is 5.88. The average molecular weight is 272 g/mol. The van der Waals surface area contributed by atoms with Crippen molar-refractivity contribution >= 4 is 22.2 Å². The fourth-order valence-corrected chi connectivity index (χ4v) is 3.24. The average Bonchev–Trinajstić information content (AvgIpc) is 2.32. The molecule has 0 atom stereocenters. The number of hydrogen-bond donors (Lipinski definition) is 1. The van der Waals surface area contributed by atoms with Gasteiger partial charge >= 0.3 is 0 Å². The molecule has 0 radical (unpaired) electrons. The number of nitro groups is 1. The Morgan fingerprint density at radius 1 is 1.39 bits per heavy atom. The van der Waals surface area contributed by atoms with Crippen LogP contribution in [-0.2, 0) is 10.8 Å². The molecular formula is C11H13FN2O3S. The van der Waals surface area contributed by atoms with Crippen LogP contribution in [0.1, 0.15) is 12.8 Å². The van der Waals surface area contributed by atoms with E-state index in [2.05, 4.69) is 5.32 Å². The standard InChI is InChI=1S/C11H13FN2O3S/c12-8-1-2-11(14(15)16)10(7-8)13-9-3-5-18(17)6-4-9/h1-2,7,9,13H,3-6H2. The highest BCUT2D eigenvalue weighted by Crippen LogP contribution is 2.27. The molecule has 1 aliphatic rings. The summed E-state index contributed by atoms with van der Waals surface area (Å²) in [4.78, 5) is 10.3. The maximum atomic E-state index is 13.1. The largest absolute Gasteiger partial charge is 0.377 e. The smallest absolute Gasteiger partial charge is 0.292 e. The number of hydrogen-bond acceptors (Lipinski definition) is 4. The molecule has 0 unspecified atom stereocenters. The molecule has 1 aromatic carbocycles. The Labute approximate surface area is 106 Å². The van der Waals surface area contributed by atoms with Crippen LogP contribution in [0.3, 0.4) is 0 Å². The van der Waals surface area contributed by atoms with Gasteiger partial charge < -0.3 is 5.32 Å². The molecule has 0 saturated carbocycles. The van der Waals surface area contributed by atoms with Crippen molar-refractivity contribution < 1.29 is 13.5 Å². The summed E-state index contributed by atoms with van der Waals surface area (Å²) in [6, 6.07) is 3.37. The van der Waals surface area contributed by atoms with Crippen molar-refractivity contribution in [3.63, 3.8) is 0 Å². The van der Waals surface area contributed by atoms with Gasteiger partial charge in [-0.25, -0.2) is 4.39 Å². The van der Waals surface area contributed by atoms with E-state index < -0.39 is 21.5 Å². The van der Waals surface area contributed by atoms with Crippen LogP contribution in [-0.4, -0.2) is 26.7 Å². The van der Waals surface area contributed by atoms with E-state index in [0.717, 1.165) is 18.2 Å². The van der Waals surface area contributed by atoms with E-state index in [1.807, 2.05) is 0 Å². The normalized spacial score (nSPS) is 23.6. The predicted octanol–water partition coefficient (Wildman–Crippen LogP) is 2.06. The monoisotopic (exact) mass is 272 g/mol. The molecule has 0 spiro atoms. The Bertz CT molecular complexity index is 485. The Morgan fingerprint density at radius 3 is 2.67 bits per heavy atom. The zero-order valence-electron chi connectivity index (χ0n) is 9.60. The summed E-state index contributed by atoms with van der Waals surface area (Å²) < 4.78 is 24.3. The molecule has 1 aliphatic heterocycles. The molecular weight excluding hydrogens is 259 g/mol. The van der Waals surface area contributed by atoms with Gasteiger partial charge in [-0.05, 0) is 18.9 Å². The number of benzene rings is 1. The number of nitrogens with zero attached hydrogens (tertiary/aromatic N) is 1. The maximum Gasteiger partial charge on any atom is 0.292 e. The van der Waals surface area contributed by atoms with E-state index in [1.54, 1.807) is 0 Å². The summed E-state index contributed by atoms with van der Waals surface area (Å²) in [6.07, 6.45) is 1.36. The van der Waals surface area contributed by atoms with Gasteiger partial charge in [0, 0.05) is 40.5 Å². The number of rotatable bonds is 3. The molecule has 7 heteroatoms.